The van der Waals surface area contributed by atoms with Crippen LogP contribution in [0.15, 0.2) is 17.1 Å². The lowest BCUT2D eigenvalue weighted by atomic mass is 10.3. The Bertz CT molecular complexity index is 235. The van der Waals surface area contributed by atoms with E-state index in [1.54, 1.807) is 6.21 Å². The molecule has 0 unspecified atom stereocenters. The number of rotatable bonds is 2. The van der Waals surface area contributed by atoms with Gasteiger partial charge < -0.3 is 0 Å². The van der Waals surface area contributed by atoms with Crippen molar-refractivity contribution in [2.24, 2.45) is 4.99 Å². The molecule has 0 aliphatic heterocycles. The lowest BCUT2D eigenvalue weighted by Gasteiger charge is -2.03. The second kappa shape index (κ2) is 4.94. The van der Waals surface area contributed by atoms with E-state index in [1.165, 1.54) is 0 Å². The Kier molecular flexibility index (Phi) is 4.61. The van der Waals surface area contributed by atoms with Gasteiger partial charge in [0.2, 0.25) is 0 Å². The van der Waals surface area contributed by atoms with Crippen molar-refractivity contribution < 1.29 is 0 Å². The van der Waals surface area contributed by atoms with Crippen LogP contribution in [-0.4, -0.2) is 20.8 Å². The first-order chi connectivity index (χ1) is 5.45. The van der Waals surface area contributed by atoms with Gasteiger partial charge in [-0.25, -0.2) is 0 Å². The van der Waals surface area contributed by atoms with Crippen molar-refractivity contribution in [2.75, 3.05) is 6.54 Å². The van der Waals surface area contributed by atoms with Crippen LogP contribution in [0.3, 0.4) is 0 Å². The minimum Gasteiger partial charge on any atom is -0.292 e. The summed E-state index contributed by atoms with van der Waals surface area (Å²) in [6.07, 6.45) is 1.78. The maximum absolute atomic E-state index is 4.06. The lowest BCUT2D eigenvalue weighted by Crippen LogP contribution is -2.16. The van der Waals surface area contributed by atoms with E-state index < -0.39 is 8.07 Å². The molecule has 0 atom stereocenters. The SMILES string of the molecule is C=C(C#C[Si](C)(C)C)CN=CC. The van der Waals surface area contributed by atoms with Gasteiger partial charge in [-0.3, -0.25) is 4.99 Å². The minimum absolute atomic E-state index is 0.647. The normalized spacial score (nSPS) is 11.0. The summed E-state index contributed by atoms with van der Waals surface area (Å²) in [7, 11) is -1.23. The molecule has 0 heterocycles. The summed E-state index contributed by atoms with van der Waals surface area (Å²) in [5.41, 5.74) is 4.16. The first kappa shape index (κ1) is 11.2. The summed E-state index contributed by atoms with van der Waals surface area (Å²) in [4.78, 5) is 4.06. The van der Waals surface area contributed by atoms with Gasteiger partial charge in [-0.05, 0) is 13.1 Å². The van der Waals surface area contributed by atoms with Crippen LogP contribution in [0.25, 0.3) is 0 Å². The van der Waals surface area contributed by atoms with E-state index in [0.717, 1.165) is 5.57 Å². The molecule has 0 aliphatic rings. The largest absolute Gasteiger partial charge is 0.292 e. The maximum atomic E-state index is 4.06. The monoisotopic (exact) mass is 179 g/mol. The zero-order chi connectivity index (χ0) is 9.61. The highest BCUT2D eigenvalue weighted by Crippen LogP contribution is 1.98. The molecule has 0 aliphatic carbocycles. The molecule has 0 N–H and O–H groups in total. The van der Waals surface area contributed by atoms with Gasteiger partial charge in [0.15, 0.2) is 0 Å². The van der Waals surface area contributed by atoms with Crippen molar-refractivity contribution in [3.63, 3.8) is 0 Å². The van der Waals surface area contributed by atoms with Gasteiger partial charge >= 0.3 is 0 Å². The number of hydrogen-bond acceptors (Lipinski definition) is 1. The third-order valence-electron chi connectivity index (χ3n) is 1.08. The molecule has 1 nitrogen and oxygen atoms in total. The maximum Gasteiger partial charge on any atom is 0.129 e. The number of nitrogens with zero attached hydrogens (tertiary/aromatic N) is 1. The molecule has 0 saturated carbocycles. The van der Waals surface area contributed by atoms with Crippen molar-refractivity contribution in [1.82, 2.24) is 0 Å². The van der Waals surface area contributed by atoms with Crippen LogP contribution in [0.4, 0.5) is 0 Å². The van der Waals surface area contributed by atoms with Gasteiger partial charge in [-0.2, -0.15) is 0 Å². The molecule has 0 aromatic rings. The van der Waals surface area contributed by atoms with Gasteiger partial charge in [0.05, 0.1) is 6.54 Å². The molecule has 66 valence electrons. The predicted octanol–water partition coefficient (Wildman–Crippen LogP) is 2.51. The summed E-state index contributed by atoms with van der Waals surface area (Å²) in [5.74, 6) is 3.06. The van der Waals surface area contributed by atoms with Crippen LogP contribution < -0.4 is 0 Å². The smallest absolute Gasteiger partial charge is 0.129 e. The molecule has 0 saturated heterocycles. The van der Waals surface area contributed by atoms with Crippen LogP contribution in [0.1, 0.15) is 6.92 Å². The van der Waals surface area contributed by atoms with E-state index >= 15 is 0 Å². The molecule has 0 bridgehead atoms. The zero-order valence-electron chi connectivity index (χ0n) is 8.44. The fraction of sp³-hybridized carbons (Fsp3) is 0.500. The quantitative estimate of drug-likeness (QED) is 0.351. The second-order valence-electron chi connectivity index (χ2n) is 3.70. The molecule has 0 fully saturated rings. The van der Waals surface area contributed by atoms with Crippen LogP contribution in [-0.2, 0) is 0 Å². The fourth-order valence-electron chi connectivity index (χ4n) is 0.517. The third-order valence-corrected chi connectivity index (χ3v) is 1.95. The Morgan fingerprint density at radius 1 is 1.50 bits per heavy atom. The Hall–Kier alpha value is -0.813. The molecular weight excluding hydrogens is 162 g/mol. The standard InChI is InChI=1S/C10H17NSi/c1-6-11-9-10(2)7-8-12(3,4)5/h6H,2,9H2,1,3-5H3. The molecular formula is C10H17NSi. The topological polar surface area (TPSA) is 12.4 Å². The van der Waals surface area contributed by atoms with Gasteiger partial charge in [-0.15, -0.1) is 5.54 Å². The van der Waals surface area contributed by atoms with E-state index in [2.05, 4.69) is 42.7 Å². The van der Waals surface area contributed by atoms with Crippen molar-refractivity contribution in [3.8, 4) is 11.5 Å². The highest BCUT2D eigenvalue weighted by Gasteiger charge is 2.07. The summed E-state index contributed by atoms with van der Waals surface area (Å²) >= 11 is 0. The Balaban J connectivity index is 4.05. The van der Waals surface area contributed by atoms with Gasteiger partial charge in [-0.1, -0.05) is 32.1 Å². The molecule has 2 heteroatoms. The third kappa shape index (κ3) is 7.30. The van der Waals surface area contributed by atoms with Crippen molar-refractivity contribution in [2.45, 2.75) is 26.6 Å². The number of aliphatic imine (C=N–C) groups is 1. The molecule has 0 aromatic carbocycles. The first-order valence-electron chi connectivity index (χ1n) is 4.11. The Labute approximate surface area is 76.6 Å². The Morgan fingerprint density at radius 3 is 2.50 bits per heavy atom. The molecule has 0 rings (SSSR count). The average molecular weight is 179 g/mol. The second-order valence-corrected chi connectivity index (χ2v) is 8.45. The van der Waals surface area contributed by atoms with Crippen LogP contribution >= 0.6 is 0 Å². The van der Waals surface area contributed by atoms with E-state index in [1.807, 2.05) is 6.92 Å². The van der Waals surface area contributed by atoms with Crippen LogP contribution in [0, 0.1) is 11.5 Å². The summed E-state index contributed by atoms with van der Waals surface area (Å²) in [5, 5.41) is 0. The molecule has 12 heavy (non-hydrogen) atoms. The molecule has 0 aromatic heterocycles. The average Bonchev–Trinajstić information content (AvgIpc) is 1.95. The summed E-state index contributed by atoms with van der Waals surface area (Å²) < 4.78 is 0. The highest BCUT2D eigenvalue weighted by molar-refractivity contribution is 6.83. The molecule has 0 spiro atoms. The molecule has 0 amide bonds. The van der Waals surface area contributed by atoms with E-state index in [9.17, 15) is 0 Å². The van der Waals surface area contributed by atoms with Gasteiger partial charge in [0, 0.05) is 5.57 Å². The lowest BCUT2D eigenvalue weighted by molar-refractivity contribution is 1.21. The van der Waals surface area contributed by atoms with E-state index in [4.69, 9.17) is 0 Å². The summed E-state index contributed by atoms with van der Waals surface area (Å²) in [6.45, 7) is 13.0. The van der Waals surface area contributed by atoms with Crippen molar-refractivity contribution in [1.29, 1.82) is 0 Å². The minimum atomic E-state index is -1.23. The highest BCUT2D eigenvalue weighted by atomic mass is 28.3. The zero-order valence-corrected chi connectivity index (χ0v) is 9.44. The number of hydrogen-bond donors (Lipinski definition) is 0. The molecule has 0 radical (unpaired) electrons. The van der Waals surface area contributed by atoms with Gasteiger partial charge in [0.25, 0.3) is 0 Å². The van der Waals surface area contributed by atoms with Gasteiger partial charge in [0.1, 0.15) is 8.07 Å². The van der Waals surface area contributed by atoms with Crippen LogP contribution in [0.2, 0.25) is 19.6 Å². The predicted molar refractivity (Wildman–Crippen MR) is 59.3 cm³/mol. The van der Waals surface area contributed by atoms with Crippen molar-refractivity contribution in [3.05, 3.63) is 12.2 Å². The fourth-order valence-corrected chi connectivity index (χ4v) is 1.07. The first-order valence-corrected chi connectivity index (χ1v) is 7.61. The van der Waals surface area contributed by atoms with E-state index in [-0.39, 0.29) is 0 Å². The van der Waals surface area contributed by atoms with E-state index in [0.29, 0.717) is 6.54 Å². The Morgan fingerprint density at radius 2 is 2.08 bits per heavy atom. The summed E-state index contributed by atoms with van der Waals surface area (Å²) in [6, 6.07) is 0. The van der Waals surface area contributed by atoms with Crippen LogP contribution in [0.5, 0.6) is 0 Å². The van der Waals surface area contributed by atoms with Crippen molar-refractivity contribution >= 4 is 14.3 Å².